The number of hydrogen-bond donors (Lipinski definition) is 0. The molecule has 0 spiro atoms. The van der Waals surface area contributed by atoms with Gasteiger partial charge < -0.3 is 4.74 Å². The summed E-state index contributed by atoms with van der Waals surface area (Å²) in [4.78, 5) is 25.8. The Morgan fingerprint density at radius 1 is 1.30 bits per heavy atom. The highest BCUT2D eigenvalue weighted by atomic mass is 35.5. The van der Waals surface area contributed by atoms with Crippen molar-refractivity contribution in [2.75, 3.05) is 11.5 Å². The van der Waals surface area contributed by atoms with Crippen molar-refractivity contribution in [3.05, 3.63) is 34.4 Å². The third-order valence-electron chi connectivity index (χ3n) is 3.77. The molecule has 0 aliphatic carbocycles. The van der Waals surface area contributed by atoms with Crippen molar-refractivity contribution in [2.24, 2.45) is 5.92 Å². The van der Waals surface area contributed by atoms with Gasteiger partial charge in [0.15, 0.2) is 0 Å². The zero-order chi connectivity index (χ0) is 17.1. The van der Waals surface area contributed by atoms with E-state index in [9.17, 15) is 9.59 Å². The number of nitrogens with zero attached hydrogens (tertiary/aromatic N) is 1. The molecule has 1 aliphatic heterocycles. The molecule has 1 saturated heterocycles. The van der Waals surface area contributed by atoms with E-state index in [4.69, 9.17) is 16.3 Å². The number of rotatable bonds is 5. The number of imide groups is 1. The Morgan fingerprint density at radius 3 is 2.57 bits per heavy atom. The minimum Gasteiger partial charge on any atom is -0.492 e. The lowest BCUT2D eigenvalue weighted by Gasteiger charge is -2.16. The summed E-state index contributed by atoms with van der Waals surface area (Å²) < 4.78 is 5.70. The zero-order valence-electron chi connectivity index (χ0n) is 14.0. The van der Waals surface area contributed by atoms with E-state index in [1.807, 2.05) is 13.8 Å². The van der Waals surface area contributed by atoms with Crippen LogP contribution in [-0.4, -0.2) is 18.4 Å². The average Bonchev–Trinajstić information content (AvgIpc) is 2.76. The van der Waals surface area contributed by atoms with Crippen molar-refractivity contribution >= 4 is 29.1 Å². The Kier molecular flexibility index (Phi) is 5.47. The Morgan fingerprint density at radius 2 is 2.00 bits per heavy atom. The number of amides is 2. The molecule has 1 heterocycles. The predicted molar refractivity (Wildman–Crippen MR) is 91.9 cm³/mol. The van der Waals surface area contributed by atoms with Crippen molar-refractivity contribution in [3.63, 3.8) is 0 Å². The maximum absolute atomic E-state index is 12.4. The van der Waals surface area contributed by atoms with E-state index in [0.29, 0.717) is 34.6 Å². The maximum Gasteiger partial charge on any atom is 0.261 e. The standard InChI is InChI=1S/C18H22ClNO3/c1-11(2)7-8-23-16-9-13(5-6-15(16)19)20-17(21)10-14(12(3)4)18(20)22/h5-6,9,11H,7-8,10H2,1-4H3. The second kappa shape index (κ2) is 7.18. The monoisotopic (exact) mass is 335 g/mol. The zero-order valence-corrected chi connectivity index (χ0v) is 14.7. The Labute approximate surface area is 142 Å². The van der Waals surface area contributed by atoms with Crippen molar-refractivity contribution in [1.29, 1.82) is 0 Å². The number of halogens is 1. The number of hydrogen-bond acceptors (Lipinski definition) is 3. The van der Waals surface area contributed by atoms with Crippen LogP contribution in [0.4, 0.5) is 5.69 Å². The van der Waals surface area contributed by atoms with Gasteiger partial charge in [0.1, 0.15) is 5.75 Å². The highest BCUT2D eigenvalue weighted by Crippen LogP contribution is 2.34. The Hall–Kier alpha value is -1.81. The lowest BCUT2D eigenvalue weighted by Crippen LogP contribution is -2.29. The molecule has 4 nitrogen and oxygen atoms in total. The Balaban J connectivity index is 2.25. The van der Waals surface area contributed by atoms with E-state index in [2.05, 4.69) is 13.8 Å². The van der Waals surface area contributed by atoms with Crippen molar-refractivity contribution < 1.29 is 14.3 Å². The molecule has 0 saturated carbocycles. The quantitative estimate of drug-likeness (QED) is 0.593. The largest absolute Gasteiger partial charge is 0.492 e. The molecule has 1 aromatic carbocycles. The normalized spacial score (nSPS) is 14.9. The molecule has 0 unspecified atom stereocenters. The lowest BCUT2D eigenvalue weighted by atomic mass is 10.1. The molecule has 2 rings (SSSR count). The van der Waals surface area contributed by atoms with E-state index in [0.717, 1.165) is 12.0 Å². The van der Waals surface area contributed by atoms with Gasteiger partial charge in [-0.15, -0.1) is 0 Å². The van der Waals surface area contributed by atoms with Gasteiger partial charge in [-0.3, -0.25) is 9.59 Å². The van der Waals surface area contributed by atoms with Crippen molar-refractivity contribution in [3.8, 4) is 5.75 Å². The summed E-state index contributed by atoms with van der Waals surface area (Å²) >= 11 is 6.15. The van der Waals surface area contributed by atoms with Crippen LogP contribution in [-0.2, 0) is 9.59 Å². The van der Waals surface area contributed by atoms with Gasteiger partial charge >= 0.3 is 0 Å². The van der Waals surface area contributed by atoms with Gasteiger partial charge in [-0.1, -0.05) is 31.0 Å². The van der Waals surface area contributed by atoms with Crippen LogP contribution < -0.4 is 9.64 Å². The highest BCUT2D eigenvalue weighted by molar-refractivity contribution is 6.32. The van der Waals surface area contributed by atoms with Gasteiger partial charge in [0.05, 0.1) is 23.7 Å². The first kappa shape index (κ1) is 17.5. The minimum absolute atomic E-state index is 0.146. The van der Waals surface area contributed by atoms with E-state index in [1.165, 1.54) is 4.90 Å². The number of carbonyl (C=O) groups excluding carboxylic acids is 2. The summed E-state index contributed by atoms with van der Waals surface area (Å²) in [5.74, 6) is 0.544. The van der Waals surface area contributed by atoms with E-state index in [-0.39, 0.29) is 18.2 Å². The van der Waals surface area contributed by atoms with Crippen LogP contribution in [0.25, 0.3) is 0 Å². The topological polar surface area (TPSA) is 46.6 Å². The maximum atomic E-state index is 12.4. The lowest BCUT2D eigenvalue weighted by molar-refractivity contribution is -0.120. The van der Waals surface area contributed by atoms with Crippen LogP contribution in [0, 0.1) is 5.92 Å². The first-order chi connectivity index (χ1) is 10.8. The van der Waals surface area contributed by atoms with Crippen molar-refractivity contribution in [1.82, 2.24) is 0 Å². The predicted octanol–water partition coefficient (Wildman–Crippen LogP) is 4.36. The first-order valence-electron chi connectivity index (χ1n) is 7.77. The van der Waals surface area contributed by atoms with Crippen LogP contribution in [0.2, 0.25) is 5.02 Å². The summed E-state index contributed by atoms with van der Waals surface area (Å²) in [6.45, 7) is 8.45. The molecule has 2 amide bonds. The molecule has 1 aromatic rings. The van der Waals surface area contributed by atoms with E-state index in [1.54, 1.807) is 18.2 Å². The minimum atomic E-state index is -0.259. The summed E-state index contributed by atoms with van der Waals surface area (Å²) in [6, 6.07) is 4.98. The first-order valence-corrected chi connectivity index (χ1v) is 8.15. The van der Waals surface area contributed by atoms with E-state index >= 15 is 0 Å². The molecule has 0 bridgehead atoms. The molecule has 0 N–H and O–H groups in total. The third-order valence-corrected chi connectivity index (χ3v) is 4.08. The van der Waals surface area contributed by atoms with Crippen LogP contribution >= 0.6 is 11.6 Å². The highest BCUT2D eigenvalue weighted by Gasteiger charge is 2.35. The number of ether oxygens (including phenoxy) is 1. The molecule has 1 aliphatic rings. The number of carbonyl (C=O) groups is 2. The molecule has 0 atom stereocenters. The molecule has 23 heavy (non-hydrogen) atoms. The van der Waals surface area contributed by atoms with Gasteiger partial charge in [0.2, 0.25) is 5.91 Å². The molecule has 0 aromatic heterocycles. The fourth-order valence-electron chi connectivity index (χ4n) is 2.35. The summed E-state index contributed by atoms with van der Waals surface area (Å²) in [5.41, 5.74) is 1.93. The average molecular weight is 336 g/mol. The van der Waals surface area contributed by atoms with Gasteiger partial charge in [-0.2, -0.15) is 0 Å². The molecule has 5 heteroatoms. The second-order valence-corrected chi connectivity index (χ2v) is 6.74. The SMILES string of the molecule is CC(C)=C1CC(=O)N(c2ccc(Cl)c(OCCC(C)C)c2)C1=O. The van der Waals surface area contributed by atoms with Gasteiger partial charge in [0, 0.05) is 11.6 Å². The van der Waals surface area contributed by atoms with Crippen LogP contribution in [0.15, 0.2) is 29.3 Å². The van der Waals surface area contributed by atoms with Gasteiger partial charge in [-0.05, 0) is 38.3 Å². The van der Waals surface area contributed by atoms with E-state index < -0.39 is 0 Å². The fraction of sp³-hybridized carbons (Fsp3) is 0.444. The number of benzene rings is 1. The van der Waals surface area contributed by atoms with Gasteiger partial charge in [-0.25, -0.2) is 4.90 Å². The molecule has 1 fully saturated rings. The third kappa shape index (κ3) is 3.94. The number of anilines is 1. The van der Waals surface area contributed by atoms with Crippen molar-refractivity contribution in [2.45, 2.75) is 40.5 Å². The van der Waals surface area contributed by atoms with Crippen LogP contribution in [0.3, 0.4) is 0 Å². The molecule has 124 valence electrons. The molecular weight excluding hydrogens is 314 g/mol. The summed E-state index contributed by atoms with van der Waals surface area (Å²) in [6.07, 6.45) is 1.05. The van der Waals surface area contributed by atoms with Crippen LogP contribution in [0.1, 0.15) is 40.5 Å². The number of allylic oxidation sites excluding steroid dienone is 1. The summed E-state index contributed by atoms with van der Waals surface area (Å²) in [7, 11) is 0. The Bertz CT molecular complexity index is 660. The molecular formula is C18H22ClNO3. The summed E-state index contributed by atoms with van der Waals surface area (Å²) in [5, 5.41) is 0.471. The smallest absolute Gasteiger partial charge is 0.261 e. The molecule has 0 radical (unpaired) electrons. The van der Waals surface area contributed by atoms with Gasteiger partial charge in [0.25, 0.3) is 5.91 Å². The van der Waals surface area contributed by atoms with Crippen LogP contribution in [0.5, 0.6) is 5.75 Å². The second-order valence-electron chi connectivity index (χ2n) is 6.34. The fourth-order valence-corrected chi connectivity index (χ4v) is 2.52.